The van der Waals surface area contributed by atoms with E-state index in [0.29, 0.717) is 13.1 Å². The molecule has 2 atom stereocenters. The number of nitrogens with one attached hydrogen (secondary N) is 1. The largest absolute Gasteiger partial charge is 0.391 e. The lowest BCUT2D eigenvalue weighted by molar-refractivity contribution is -0.153. The maximum atomic E-state index is 11.8. The van der Waals surface area contributed by atoms with Crippen LogP contribution >= 0.6 is 0 Å². The van der Waals surface area contributed by atoms with Crippen LogP contribution in [0.3, 0.4) is 0 Å². The summed E-state index contributed by atoms with van der Waals surface area (Å²) < 4.78 is 0. The minimum absolute atomic E-state index is 0.177. The number of piperazine rings is 1. The Hall–Kier alpha value is -1.63. The van der Waals surface area contributed by atoms with Crippen molar-refractivity contribution in [1.29, 1.82) is 0 Å². The Morgan fingerprint density at radius 2 is 1.64 bits per heavy atom. The van der Waals surface area contributed by atoms with Crippen LogP contribution in [0.2, 0.25) is 0 Å². The average Bonchev–Trinajstić information content (AvgIpc) is 2.53. The molecule has 0 aromatic rings. The van der Waals surface area contributed by atoms with E-state index in [-0.39, 0.29) is 6.54 Å². The van der Waals surface area contributed by atoms with Crippen LogP contribution in [0.15, 0.2) is 0 Å². The normalized spacial score (nSPS) is 16.7. The Morgan fingerprint density at radius 3 is 2.05 bits per heavy atom. The third-order valence-corrected chi connectivity index (χ3v) is 3.01. The van der Waals surface area contributed by atoms with Gasteiger partial charge >= 0.3 is 17.8 Å². The predicted octanol–water partition coefficient (Wildman–Crippen LogP) is 1.21. The topological polar surface area (TPSA) is 89.9 Å². The molecule has 1 heterocycles. The summed E-state index contributed by atoms with van der Waals surface area (Å²) >= 11 is 0. The van der Waals surface area contributed by atoms with Gasteiger partial charge in [0, 0.05) is 19.6 Å². The van der Waals surface area contributed by atoms with E-state index < -0.39 is 30.0 Å². The molecule has 130 valence electrons. The number of carbonyl (C=O) groups excluding carboxylic acids is 3. The highest BCUT2D eigenvalue weighted by molar-refractivity contribution is 6.38. The molecule has 2 N–H and O–H groups in total. The first-order valence-corrected chi connectivity index (χ1v) is 7.97. The van der Waals surface area contributed by atoms with E-state index in [1.54, 1.807) is 13.8 Å². The van der Waals surface area contributed by atoms with Gasteiger partial charge in [0.15, 0.2) is 0 Å². The lowest BCUT2D eigenvalue weighted by Crippen LogP contribution is -2.59. The lowest BCUT2D eigenvalue weighted by Gasteiger charge is -2.32. The van der Waals surface area contributed by atoms with E-state index in [9.17, 15) is 19.5 Å². The number of urea groups is 1. The van der Waals surface area contributed by atoms with E-state index in [2.05, 4.69) is 5.32 Å². The third kappa shape index (κ3) is 6.43. The summed E-state index contributed by atoms with van der Waals surface area (Å²) in [5.41, 5.74) is 0. The molecule has 7 heteroatoms. The van der Waals surface area contributed by atoms with Crippen molar-refractivity contribution in [3.8, 4) is 0 Å². The van der Waals surface area contributed by atoms with Crippen molar-refractivity contribution in [2.45, 2.75) is 60.6 Å². The molecule has 0 aromatic carbocycles. The first kappa shape index (κ1) is 22.6. The minimum atomic E-state index is -0.821. The summed E-state index contributed by atoms with van der Waals surface area (Å²) in [6.07, 6.45) is -0.725. The maximum absolute atomic E-state index is 11.8. The molecule has 7 nitrogen and oxygen atoms in total. The molecule has 0 aliphatic carbocycles. The van der Waals surface area contributed by atoms with Crippen molar-refractivity contribution < 1.29 is 19.5 Å². The number of nitrogens with zero attached hydrogens (tertiary/aromatic N) is 2. The minimum Gasteiger partial charge on any atom is -0.391 e. The first-order chi connectivity index (χ1) is 10.4. The highest BCUT2D eigenvalue weighted by Crippen LogP contribution is 2.05. The SMILES string of the molecule is CC.CC.CCN1CCN(C(=O)NC(C)C(C)O)C(=O)C1=O. The Morgan fingerprint density at radius 1 is 1.14 bits per heavy atom. The summed E-state index contributed by atoms with van der Waals surface area (Å²) in [7, 11) is 0. The standard InChI is InChI=1S/C11H19N3O4.2C2H6/c1-4-13-5-6-14(10(17)9(13)16)11(18)12-7(2)8(3)15;2*1-2/h7-8,15H,4-6H2,1-3H3,(H,12,18);2*1-2H3. The summed E-state index contributed by atoms with van der Waals surface area (Å²) in [6.45, 7) is 13.9. The van der Waals surface area contributed by atoms with Crippen LogP contribution in [-0.4, -0.2) is 64.5 Å². The van der Waals surface area contributed by atoms with Crippen molar-refractivity contribution in [3.05, 3.63) is 0 Å². The van der Waals surface area contributed by atoms with Crippen molar-refractivity contribution >= 4 is 17.8 Å². The fourth-order valence-corrected chi connectivity index (χ4v) is 1.56. The molecule has 1 aliphatic rings. The van der Waals surface area contributed by atoms with Gasteiger partial charge in [0.2, 0.25) is 0 Å². The lowest BCUT2D eigenvalue weighted by atomic mass is 10.2. The monoisotopic (exact) mass is 317 g/mol. The van der Waals surface area contributed by atoms with E-state index in [1.165, 1.54) is 11.8 Å². The zero-order valence-corrected chi connectivity index (χ0v) is 14.8. The molecular weight excluding hydrogens is 286 g/mol. The van der Waals surface area contributed by atoms with E-state index in [1.807, 2.05) is 27.7 Å². The van der Waals surface area contributed by atoms with Gasteiger partial charge in [0.05, 0.1) is 12.1 Å². The quantitative estimate of drug-likeness (QED) is 0.766. The number of imide groups is 1. The predicted molar refractivity (Wildman–Crippen MR) is 86.3 cm³/mol. The van der Waals surface area contributed by atoms with Gasteiger partial charge < -0.3 is 15.3 Å². The fraction of sp³-hybridized carbons (Fsp3) is 0.800. The molecule has 0 saturated carbocycles. The molecule has 1 rings (SSSR count). The Labute approximate surface area is 133 Å². The number of hydrogen-bond donors (Lipinski definition) is 2. The van der Waals surface area contributed by atoms with Crippen LogP contribution in [0.5, 0.6) is 0 Å². The van der Waals surface area contributed by atoms with Crippen LogP contribution in [0, 0.1) is 0 Å². The molecule has 4 amide bonds. The molecule has 0 radical (unpaired) electrons. The van der Waals surface area contributed by atoms with Gasteiger partial charge in [-0.15, -0.1) is 0 Å². The van der Waals surface area contributed by atoms with Crippen LogP contribution in [-0.2, 0) is 9.59 Å². The van der Waals surface area contributed by atoms with Gasteiger partial charge in [-0.1, -0.05) is 27.7 Å². The Kier molecular flexibility index (Phi) is 12.3. The molecule has 0 spiro atoms. The zero-order chi connectivity index (χ0) is 17.9. The van der Waals surface area contributed by atoms with Gasteiger partial charge in [-0.25, -0.2) is 4.79 Å². The smallest absolute Gasteiger partial charge is 0.324 e. The summed E-state index contributed by atoms with van der Waals surface area (Å²) in [4.78, 5) is 37.3. The van der Waals surface area contributed by atoms with E-state index in [4.69, 9.17) is 0 Å². The van der Waals surface area contributed by atoms with Crippen LogP contribution in [0.4, 0.5) is 4.79 Å². The summed E-state index contributed by atoms with van der Waals surface area (Å²) in [5.74, 6) is -1.48. The second kappa shape index (κ2) is 12.0. The number of amides is 4. The van der Waals surface area contributed by atoms with Crippen LogP contribution in [0.25, 0.3) is 0 Å². The second-order valence-electron chi connectivity index (χ2n) is 4.32. The number of likely N-dealkylation sites (N-methyl/N-ethyl adjacent to an activating group) is 1. The van der Waals surface area contributed by atoms with Crippen molar-refractivity contribution in [1.82, 2.24) is 15.1 Å². The number of aliphatic hydroxyl groups is 1. The maximum Gasteiger partial charge on any atom is 0.324 e. The summed E-state index contributed by atoms with van der Waals surface area (Å²) in [6, 6.07) is -1.12. The Balaban J connectivity index is 0. The number of rotatable bonds is 3. The Bertz CT molecular complexity index is 359. The van der Waals surface area contributed by atoms with Crippen molar-refractivity contribution in [2.75, 3.05) is 19.6 Å². The molecule has 2 unspecified atom stereocenters. The molecule has 0 aromatic heterocycles. The molecule has 1 aliphatic heterocycles. The third-order valence-electron chi connectivity index (χ3n) is 3.01. The number of aliphatic hydroxyl groups excluding tert-OH is 1. The van der Waals surface area contributed by atoms with Crippen LogP contribution in [0.1, 0.15) is 48.5 Å². The highest BCUT2D eigenvalue weighted by atomic mass is 16.3. The van der Waals surface area contributed by atoms with Crippen molar-refractivity contribution in [3.63, 3.8) is 0 Å². The van der Waals surface area contributed by atoms with Gasteiger partial charge in [-0.05, 0) is 20.8 Å². The van der Waals surface area contributed by atoms with Crippen LogP contribution < -0.4 is 5.32 Å². The van der Waals surface area contributed by atoms with E-state index in [0.717, 1.165) is 4.90 Å². The molecule has 1 saturated heterocycles. The summed E-state index contributed by atoms with van der Waals surface area (Å²) in [5, 5.41) is 11.8. The van der Waals surface area contributed by atoms with Crippen molar-refractivity contribution in [2.24, 2.45) is 0 Å². The van der Waals surface area contributed by atoms with Gasteiger partial charge in [0.25, 0.3) is 0 Å². The number of carbonyl (C=O) groups is 3. The van der Waals surface area contributed by atoms with Gasteiger partial charge in [0.1, 0.15) is 0 Å². The second-order valence-corrected chi connectivity index (χ2v) is 4.32. The molecule has 22 heavy (non-hydrogen) atoms. The first-order valence-electron chi connectivity index (χ1n) is 7.97. The molecular formula is C15H31N3O4. The molecule has 0 bridgehead atoms. The number of hydrogen-bond acceptors (Lipinski definition) is 4. The average molecular weight is 317 g/mol. The zero-order valence-electron chi connectivity index (χ0n) is 14.8. The highest BCUT2D eigenvalue weighted by Gasteiger charge is 2.35. The van der Waals surface area contributed by atoms with Gasteiger partial charge in [-0.2, -0.15) is 0 Å². The van der Waals surface area contributed by atoms with E-state index >= 15 is 0 Å². The molecule has 1 fully saturated rings. The fourth-order valence-electron chi connectivity index (χ4n) is 1.56. The van der Waals surface area contributed by atoms with Gasteiger partial charge in [-0.3, -0.25) is 14.5 Å².